The highest BCUT2D eigenvalue weighted by Crippen LogP contribution is 2.21. The molecule has 2 aromatic carbocycles. The number of aliphatic hydroxyl groups is 1. The molecule has 0 bridgehead atoms. The highest BCUT2D eigenvalue weighted by atomic mass is 16.5. The zero-order chi connectivity index (χ0) is 22.5. The summed E-state index contributed by atoms with van der Waals surface area (Å²) in [6.45, 7) is 0.472. The normalized spacial score (nSPS) is 11.9. The van der Waals surface area contributed by atoms with Crippen molar-refractivity contribution in [3.8, 4) is 5.75 Å². The van der Waals surface area contributed by atoms with E-state index < -0.39 is 6.10 Å². The number of aromatic nitrogens is 4. The van der Waals surface area contributed by atoms with E-state index in [1.54, 1.807) is 34.8 Å². The summed E-state index contributed by atoms with van der Waals surface area (Å²) in [6, 6.07) is 16.8. The zero-order valence-corrected chi connectivity index (χ0v) is 17.6. The molecule has 164 valence electrons. The Morgan fingerprint density at radius 3 is 2.75 bits per heavy atom. The van der Waals surface area contributed by atoms with E-state index in [9.17, 15) is 9.90 Å². The number of aliphatic hydroxyl groups excluding tert-OH is 1. The van der Waals surface area contributed by atoms with Crippen molar-refractivity contribution in [2.45, 2.75) is 19.2 Å². The van der Waals surface area contributed by atoms with Gasteiger partial charge in [0, 0.05) is 6.54 Å². The number of fused-ring (bicyclic) bond motifs is 1. The number of rotatable bonds is 8. The van der Waals surface area contributed by atoms with Crippen molar-refractivity contribution in [2.24, 2.45) is 0 Å². The first-order chi connectivity index (χ1) is 15.5. The van der Waals surface area contributed by atoms with Gasteiger partial charge in [0.25, 0.3) is 0 Å². The lowest BCUT2D eigenvalue weighted by Crippen LogP contribution is -2.36. The summed E-state index contributed by atoms with van der Waals surface area (Å²) in [4.78, 5) is 27.3. The highest BCUT2D eigenvalue weighted by molar-refractivity contribution is 5.83. The van der Waals surface area contributed by atoms with Gasteiger partial charge in [-0.2, -0.15) is 0 Å². The minimum Gasteiger partial charge on any atom is -0.497 e. The second-order valence-corrected chi connectivity index (χ2v) is 7.36. The molecule has 0 aliphatic heterocycles. The Morgan fingerprint density at radius 1 is 1.16 bits per heavy atom. The van der Waals surface area contributed by atoms with Crippen LogP contribution >= 0.6 is 0 Å². The molecular formula is C23H24N6O3. The number of imidazole rings is 1. The Hall–Kier alpha value is -3.98. The monoisotopic (exact) mass is 432 g/mol. The van der Waals surface area contributed by atoms with Crippen molar-refractivity contribution < 1.29 is 14.6 Å². The maximum Gasteiger partial charge on any atom is 0.243 e. The van der Waals surface area contributed by atoms with Gasteiger partial charge in [-0.1, -0.05) is 42.5 Å². The number of anilines is 1. The van der Waals surface area contributed by atoms with Crippen LogP contribution in [-0.4, -0.2) is 49.1 Å². The molecular weight excluding hydrogens is 408 g/mol. The van der Waals surface area contributed by atoms with Crippen LogP contribution in [0.15, 0.2) is 67.3 Å². The minimum absolute atomic E-state index is 0.00458. The number of methoxy groups -OCH3 is 1. The number of carbonyl (C=O) groups is 1. The van der Waals surface area contributed by atoms with Crippen LogP contribution in [0.25, 0.3) is 11.2 Å². The van der Waals surface area contributed by atoms with Crippen LogP contribution in [0.5, 0.6) is 5.75 Å². The molecule has 0 aliphatic rings. The van der Waals surface area contributed by atoms with Crippen molar-refractivity contribution in [1.29, 1.82) is 0 Å². The summed E-state index contributed by atoms with van der Waals surface area (Å²) in [5.41, 5.74) is 8.42. The van der Waals surface area contributed by atoms with Crippen LogP contribution in [0, 0.1) is 0 Å². The molecule has 2 heterocycles. The summed E-state index contributed by atoms with van der Waals surface area (Å²) in [5, 5.41) is 10.9. The van der Waals surface area contributed by atoms with Crippen LogP contribution in [-0.2, 0) is 17.9 Å². The van der Waals surface area contributed by atoms with E-state index in [1.165, 1.54) is 12.7 Å². The van der Waals surface area contributed by atoms with Crippen molar-refractivity contribution in [3.63, 3.8) is 0 Å². The van der Waals surface area contributed by atoms with Gasteiger partial charge in [-0.15, -0.1) is 0 Å². The predicted molar refractivity (Wildman–Crippen MR) is 120 cm³/mol. The molecule has 0 radical (unpaired) electrons. The Morgan fingerprint density at radius 2 is 1.97 bits per heavy atom. The van der Waals surface area contributed by atoms with Gasteiger partial charge >= 0.3 is 0 Å². The summed E-state index contributed by atoms with van der Waals surface area (Å²) in [7, 11) is 1.57. The van der Waals surface area contributed by atoms with Gasteiger partial charge in [0.2, 0.25) is 5.91 Å². The number of hydrogen-bond donors (Lipinski definition) is 2. The van der Waals surface area contributed by atoms with E-state index in [1.807, 2.05) is 36.4 Å². The van der Waals surface area contributed by atoms with E-state index in [0.717, 1.165) is 5.56 Å². The Labute approximate surface area is 185 Å². The Balaban J connectivity index is 1.57. The lowest BCUT2D eigenvalue weighted by molar-refractivity contribution is -0.134. The van der Waals surface area contributed by atoms with Crippen LogP contribution in [0.1, 0.15) is 17.2 Å². The minimum atomic E-state index is -0.879. The Bertz CT molecular complexity index is 1210. The van der Waals surface area contributed by atoms with Gasteiger partial charge in [0.15, 0.2) is 11.5 Å². The molecule has 0 saturated carbocycles. The van der Waals surface area contributed by atoms with Crippen molar-refractivity contribution in [3.05, 3.63) is 78.4 Å². The first kappa shape index (κ1) is 21.3. The molecule has 1 atom stereocenters. The highest BCUT2D eigenvalue weighted by Gasteiger charge is 2.21. The maximum atomic E-state index is 13.3. The molecule has 2 aromatic heterocycles. The van der Waals surface area contributed by atoms with Gasteiger partial charge in [0.1, 0.15) is 24.1 Å². The third-order valence-corrected chi connectivity index (χ3v) is 5.18. The standard InChI is InChI=1S/C23H24N6O3/c1-32-18-9-5-8-17(10-18)19(30)12-28(11-16-6-3-2-4-7-16)20(31)13-29-15-27-21-22(24)25-14-26-23(21)29/h2-10,14-15,19,30H,11-13H2,1H3,(H2,24,25,26). The zero-order valence-electron chi connectivity index (χ0n) is 17.6. The third-order valence-electron chi connectivity index (χ3n) is 5.18. The van der Waals surface area contributed by atoms with Gasteiger partial charge in [-0.3, -0.25) is 4.79 Å². The molecule has 0 aliphatic carbocycles. The number of nitrogens with zero attached hydrogens (tertiary/aromatic N) is 5. The summed E-state index contributed by atoms with van der Waals surface area (Å²) in [5.74, 6) is 0.715. The lowest BCUT2D eigenvalue weighted by atomic mass is 10.1. The molecule has 0 fully saturated rings. The fraction of sp³-hybridized carbons (Fsp3) is 0.217. The van der Waals surface area contributed by atoms with E-state index in [0.29, 0.717) is 29.0 Å². The van der Waals surface area contributed by atoms with Gasteiger partial charge in [-0.05, 0) is 23.3 Å². The number of nitrogen functional groups attached to an aromatic ring is 1. The van der Waals surface area contributed by atoms with E-state index in [2.05, 4.69) is 15.0 Å². The van der Waals surface area contributed by atoms with Crippen molar-refractivity contribution in [2.75, 3.05) is 19.4 Å². The number of nitrogens with two attached hydrogens (primary N) is 1. The van der Waals surface area contributed by atoms with Gasteiger partial charge < -0.3 is 25.0 Å². The van der Waals surface area contributed by atoms with E-state index >= 15 is 0 Å². The topological polar surface area (TPSA) is 119 Å². The molecule has 1 unspecified atom stereocenters. The molecule has 32 heavy (non-hydrogen) atoms. The smallest absolute Gasteiger partial charge is 0.243 e. The number of hydrogen-bond acceptors (Lipinski definition) is 7. The predicted octanol–water partition coefficient (Wildman–Crippen LogP) is 2.18. The quantitative estimate of drug-likeness (QED) is 0.438. The van der Waals surface area contributed by atoms with E-state index in [4.69, 9.17) is 10.5 Å². The molecule has 1 amide bonds. The van der Waals surface area contributed by atoms with Crippen LogP contribution in [0.3, 0.4) is 0 Å². The molecule has 4 aromatic rings. The van der Waals surface area contributed by atoms with Crippen LogP contribution in [0.2, 0.25) is 0 Å². The summed E-state index contributed by atoms with van der Waals surface area (Å²) >= 11 is 0. The Kier molecular flexibility index (Phi) is 6.27. The lowest BCUT2D eigenvalue weighted by Gasteiger charge is -2.26. The van der Waals surface area contributed by atoms with Crippen molar-refractivity contribution in [1.82, 2.24) is 24.4 Å². The van der Waals surface area contributed by atoms with Crippen LogP contribution in [0.4, 0.5) is 5.82 Å². The number of carbonyl (C=O) groups excluding carboxylic acids is 1. The fourth-order valence-electron chi connectivity index (χ4n) is 3.48. The second-order valence-electron chi connectivity index (χ2n) is 7.36. The summed E-state index contributed by atoms with van der Waals surface area (Å²) < 4.78 is 6.88. The molecule has 9 nitrogen and oxygen atoms in total. The molecule has 4 rings (SSSR count). The van der Waals surface area contributed by atoms with E-state index in [-0.39, 0.29) is 24.8 Å². The summed E-state index contributed by atoms with van der Waals surface area (Å²) in [6.07, 6.45) is 1.98. The average molecular weight is 432 g/mol. The first-order valence-corrected chi connectivity index (χ1v) is 10.1. The van der Waals surface area contributed by atoms with Gasteiger partial charge in [-0.25, -0.2) is 15.0 Å². The first-order valence-electron chi connectivity index (χ1n) is 10.1. The van der Waals surface area contributed by atoms with Crippen LogP contribution < -0.4 is 10.5 Å². The number of benzene rings is 2. The largest absolute Gasteiger partial charge is 0.497 e. The molecule has 0 spiro atoms. The third kappa shape index (κ3) is 4.68. The van der Waals surface area contributed by atoms with Gasteiger partial charge in [0.05, 0.1) is 26.1 Å². The molecule has 3 N–H and O–H groups in total. The fourth-order valence-corrected chi connectivity index (χ4v) is 3.48. The molecule has 0 saturated heterocycles. The second kappa shape index (κ2) is 9.44. The SMILES string of the molecule is COc1cccc(C(O)CN(Cc2ccccc2)C(=O)Cn2cnc3c(N)ncnc32)c1. The molecule has 9 heteroatoms. The number of ether oxygens (including phenoxy) is 1. The average Bonchev–Trinajstić information content (AvgIpc) is 3.23. The maximum absolute atomic E-state index is 13.3. The number of amides is 1. The van der Waals surface area contributed by atoms with Crippen molar-refractivity contribution >= 4 is 22.9 Å².